The van der Waals surface area contributed by atoms with Crippen molar-refractivity contribution in [1.82, 2.24) is 0 Å². The molecule has 0 spiro atoms. The first-order valence-corrected chi connectivity index (χ1v) is 5.21. The van der Waals surface area contributed by atoms with Crippen LogP contribution in [0.5, 0.6) is 0 Å². The van der Waals surface area contributed by atoms with Crippen molar-refractivity contribution in [3.63, 3.8) is 0 Å². The molecule has 0 bridgehead atoms. The molecule has 0 fully saturated rings. The molecule has 0 unspecified atom stereocenters. The van der Waals surface area contributed by atoms with Crippen molar-refractivity contribution in [2.45, 2.75) is 13.0 Å². The molecule has 1 nitrogen and oxygen atoms in total. The van der Waals surface area contributed by atoms with Crippen LogP contribution < -0.4 is 0 Å². The predicted octanol–water partition coefficient (Wildman–Crippen LogP) is 3.55. The van der Waals surface area contributed by atoms with Crippen LogP contribution in [0.3, 0.4) is 0 Å². The highest BCUT2D eigenvalue weighted by molar-refractivity contribution is 5.64. The van der Waals surface area contributed by atoms with Crippen molar-refractivity contribution in [2.24, 2.45) is 0 Å². The topological polar surface area (TPSA) is 20.2 Å². The number of benzene rings is 2. The first kappa shape index (κ1) is 10.8. The lowest BCUT2D eigenvalue weighted by atomic mass is 10.0. The van der Waals surface area contributed by atoms with Gasteiger partial charge in [-0.05, 0) is 24.1 Å². The van der Waals surface area contributed by atoms with E-state index in [2.05, 4.69) is 0 Å². The van der Waals surface area contributed by atoms with Gasteiger partial charge in [0.05, 0.1) is 6.10 Å². The Morgan fingerprint density at radius 2 is 1.62 bits per heavy atom. The molecule has 0 amide bonds. The Labute approximate surface area is 94.2 Å². The summed E-state index contributed by atoms with van der Waals surface area (Å²) in [5, 5.41) is 9.37. The zero-order valence-corrected chi connectivity index (χ0v) is 9.02. The predicted molar refractivity (Wildman–Crippen MR) is 62.5 cm³/mol. The number of aliphatic hydroxyl groups is 1. The molecule has 2 aromatic carbocycles. The van der Waals surface area contributed by atoms with Crippen LogP contribution in [0.1, 0.15) is 18.6 Å². The lowest BCUT2D eigenvalue weighted by Gasteiger charge is -2.07. The van der Waals surface area contributed by atoms with Gasteiger partial charge in [-0.1, -0.05) is 42.5 Å². The number of halogens is 1. The Bertz CT molecular complexity index is 474. The van der Waals surface area contributed by atoms with Gasteiger partial charge in [0.1, 0.15) is 5.82 Å². The molecule has 0 heterocycles. The minimum absolute atomic E-state index is 0.229. The van der Waals surface area contributed by atoms with E-state index in [0.29, 0.717) is 5.56 Å². The Morgan fingerprint density at radius 3 is 2.19 bits per heavy atom. The molecule has 0 radical (unpaired) electrons. The highest BCUT2D eigenvalue weighted by Gasteiger charge is 2.05. The average Bonchev–Trinajstić information content (AvgIpc) is 2.30. The fourth-order valence-corrected chi connectivity index (χ4v) is 1.64. The van der Waals surface area contributed by atoms with Crippen molar-refractivity contribution in [1.29, 1.82) is 0 Å². The van der Waals surface area contributed by atoms with Crippen LogP contribution in [0.2, 0.25) is 0 Å². The van der Waals surface area contributed by atoms with Crippen LogP contribution in [-0.2, 0) is 0 Å². The van der Waals surface area contributed by atoms with Gasteiger partial charge in [0, 0.05) is 5.56 Å². The van der Waals surface area contributed by atoms with Crippen molar-refractivity contribution in [3.05, 3.63) is 59.9 Å². The smallest absolute Gasteiger partial charge is 0.131 e. The van der Waals surface area contributed by atoms with E-state index in [-0.39, 0.29) is 5.82 Å². The number of hydrogen-bond acceptors (Lipinski definition) is 1. The quantitative estimate of drug-likeness (QED) is 0.814. The molecule has 82 valence electrons. The van der Waals surface area contributed by atoms with E-state index < -0.39 is 6.10 Å². The molecule has 2 rings (SSSR count). The molecule has 0 aromatic heterocycles. The molecule has 16 heavy (non-hydrogen) atoms. The van der Waals surface area contributed by atoms with Crippen molar-refractivity contribution in [2.75, 3.05) is 0 Å². The second-order valence-electron chi connectivity index (χ2n) is 3.78. The first-order chi connectivity index (χ1) is 7.68. The largest absolute Gasteiger partial charge is 0.389 e. The highest BCUT2D eigenvalue weighted by Crippen LogP contribution is 2.24. The molecule has 1 N–H and O–H groups in total. The van der Waals surface area contributed by atoms with E-state index in [1.54, 1.807) is 25.1 Å². The second-order valence-corrected chi connectivity index (χ2v) is 3.78. The summed E-state index contributed by atoms with van der Waals surface area (Å²) in [6.07, 6.45) is -0.491. The molecule has 2 aromatic rings. The maximum absolute atomic E-state index is 13.5. The summed E-state index contributed by atoms with van der Waals surface area (Å²) in [4.78, 5) is 0. The Balaban J connectivity index is 2.39. The van der Waals surface area contributed by atoms with Crippen molar-refractivity contribution < 1.29 is 9.50 Å². The molecular formula is C14H13FO. The van der Waals surface area contributed by atoms with Gasteiger partial charge in [0.15, 0.2) is 0 Å². The maximum Gasteiger partial charge on any atom is 0.131 e. The summed E-state index contributed by atoms with van der Waals surface area (Å²) >= 11 is 0. The van der Waals surface area contributed by atoms with Crippen LogP contribution in [0.4, 0.5) is 4.39 Å². The van der Waals surface area contributed by atoms with Gasteiger partial charge < -0.3 is 5.11 Å². The lowest BCUT2D eigenvalue weighted by Crippen LogP contribution is -1.90. The Morgan fingerprint density at radius 1 is 1.00 bits per heavy atom. The molecular weight excluding hydrogens is 203 g/mol. The highest BCUT2D eigenvalue weighted by atomic mass is 19.1. The monoisotopic (exact) mass is 216 g/mol. The zero-order chi connectivity index (χ0) is 11.5. The lowest BCUT2D eigenvalue weighted by molar-refractivity contribution is 0.199. The minimum Gasteiger partial charge on any atom is -0.389 e. The summed E-state index contributed by atoms with van der Waals surface area (Å²) in [5.74, 6) is -0.229. The summed E-state index contributed by atoms with van der Waals surface area (Å²) in [6, 6.07) is 13.9. The Hall–Kier alpha value is -1.67. The van der Waals surface area contributed by atoms with Crippen LogP contribution >= 0.6 is 0 Å². The van der Waals surface area contributed by atoms with Crippen molar-refractivity contribution in [3.8, 4) is 11.1 Å². The number of hydrogen-bond donors (Lipinski definition) is 1. The summed E-state index contributed by atoms with van der Waals surface area (Å²) in [7, 11) is 0. The fourth-order valence-electron chi connectivity index (χ4n) is 1.64. The van der Waals surface area contributed by atoms with Gasteiger partial charge in [-0.2, -0.15) is 0 Å². The standard InChI is InChI=1S/C14H13FO/c1-10(16)11-6-8-12(9-7-11)13-4-2-3-5-14(13)15/h2-10,16H,1H3/t10-/m0/s1. The SMILES string of the molecule is C[C@H](O)c1ccc(-c2ccccc2F)cc1. The van der Waals surface area contributed by atoms with E-state index in [1.807, 2.05) is 24.3 Å². The van der Waals surface area contributed by atoms with Crippen LogP contribution in [0.25, 0.3) is 11.1 Å². The summed E-state index contributed by atoms with van der Waals surface area (Å²) in [6.45, 7) is 1.71. The molecule has 0 aliphatic heterocycles. The second kappa shape index (κ2) is 4.45. The van der Waals surface area contributed by atoms with Gasteiger partial charge >= 0.3 is 0 Å². The Kier molecular flexibility index (Phi) is 3.02. The maximum atomic E-state index is 13.5. The van der Waals surface area contributed by atoms with E-state index in [1.165, 1.54) is 6.07 Å². The summed E-state index contributed by atoms with van der Waals surface area (Å²) < 4.78 is 13.5. The summed E-state index contributed by atoms with van der Waals surface area (Å²) in [5.41, 5.74) is 2.24. The fraction of sp³-hybridized carbons (Fsp3) is 0.143. The van der Waals surface area contributed by atoms with Crippen LogP contribution in [-0.4, -0.2) is 5.11 Å². The number of rotatable bonds is 2. The molecule has 2 heteroatoms. The van der Waals surface area contributed by atoms with E-state index in [4.69, 9.17) is 0 Å². The van der Waals surface area contributed by atoms with E-state index in [0.717, 1.165) is 11.1 Å². The van der Waals surface area contributed by atoms with Gasteiger partial charge in [-0.25, -0.2) is 4.39 Å². The molecule has 1 atom stereocenters. The van der Waals surface area contributed by atoms with E-state index >= 15 is 0 Å². The molecule has 0 saturated carbocycles. The van der Waals surface area contributed by atoms with Crippen LogP contribution in [0.15, 0.2) is 48.5 Å². The third kappa shape index (κ3) is 2.12. The minimum atomic E-state index is -0.491. The molecule has 0 aliphatic carbocycles. The van der Waals surface area contributed by atoms with Crippen molar-refractivity contribution >= 4 is 0 Å². The van der Waals surface area contributed by atoms with Gasteiger partial charge in [-0.3, -0.25) is 0 Å². The first-order valence-electron chi connectivity index (χ1n) is 5.21. The number of aliphatic hydroxyl groups excluding tert-OH is 1. The van der Waals surface area contributed by atoms with E-state index in [9.17, 15) is 9.50 Å². The molecule has 0 saturated heterocycles. The average molecular weight is 216 g/mol. The van der Waals surface area contributed by atoms with Crippen LogP contribution in [0, 0.1) is 5.82 Å². The third-order valence-corrected chi connectivity index (χ3v) is 2.58. The van der Waals surface area contributed by atoms with Gasteiger partial charge in [-0.15, -0.1) is 0 Å². The van der Waals surface area contributed by atoms with Gasteiger partial charge in [0.2, 0.25) is 0 Å². The zero-order valence-electron chi connectivity index (χ0n) is 9.02. The molecule has 0 aliphatic rings. The third-order valence-electron chi connectivity index (χ3n) is 2.58. The normalized spacial score (nSPS) is 12.4. The van der Waals surface area contributed by atoms with Gasteiger partial charge in [0.25, 0.3) is 0 Å².